The highest BCUT2D eigenvalue weighted by Crippen LogP contribution is 2.29. The number of nitrogens with zero attached hydrogens (tertiary/aromatic N) is 2. The Morgan fingerprint density at radius 3 is 2.09 bits per heavy atom. The van der Waals surface area contributed by atoms with Gasteiger partial charge in [-0.3, -0.25) is 4.99 Å². The van der Waals surface area contributed by atoms with E-state index in [0.29, 0.717) is 0 Å². The highest BCUT2D eigenvalue weighted by atomic mass is 15.2. The Labute approximate surface area is 129 Å². The zero-order valence-electron chi connectivity index (χ0n) is 12.1. The van der Waals surface area contributed by atoms with Crippen molar-refractivity contribution in [2.75, 3.05) is 4.90 Å². The molecule has 0 aromatic heterocycles. The summed E-state index contributed by atoms with van der Waals surface area (Å²) in [7, 11) is 0. The Balaban J connectivity index is 1.92. The number of benzene rings is 3. The van der Waals surface area contributed by atoms with Gasteiger partial charge in [-0.15, -0.1) is 0 Å². The van der Waals surface area contributed by atoms with Gasteiger partial charge < -0.3 is 4.90 Å². The van der Waals surface area contributed by atoms with Gasteiger partial charge in [0, 0.05) is 17.1 Å². The van der Waals surface area contributed by atoms with Gasteiger partial charge in [0.1, 0.15) is 0 Å². The van der Waals surface area contributed by atoms with Gasteiger partial charge in [-0.05, 0) is 23.8 Å². The maximum atomic E-state index is 4.97. The smallest absolute Gasteiger partial charge is 0.151 e. The molecule has 1 unspecified atom stereocenters. The van der Waals surface area contributed by atoms with E-state index in [1.54, 1.807) is 0 Å². The van der Waals surface area contributed by atoms with Gasteiger partial charge in [0.25, 0.3) is 0 Å². The molecule has 2 nitrogen and oxygen atoms in total. The van der Waals surface area contributed by atoms with Crippen molar-refractivity contribution in [3.63, 3.8) is 0 Å². The summed E-state index contributed by atoms with van der Waals surface area (Å²) in [6, 6.07) is 29.1. The van der Waals surface area contributed by atoms with E-state index in [1.165, 1.54) is 5.56 Å². The summed E-state index contributed by atoms with van der Waals surface area (Å²) < 4.78 is 0. The van der Waals surface area contributed by atoms with Crippen molar-refractivity contribution in [1.82, 2.24) is 0 Å². The number of para-hydroxylation sites is 2. The number of hydrogen-bond donors (Lipinski definition) is 0. The molecule has 0 saturated heterocycles. The summed E-state index contributed by atoms with van der Waals surface area (Å²) in [6.45, 7) is 0. The molecular formula is C20H16N2. The van der Waals surface area contributed by atoms with E-state index in [4.69, 9.17) is 4.99 Å². The van der Waals surface area contributed by atoms with Crippen molar-refractivity contribution in [1.29, 1.82) is 0 Å². The molecule has 0 radical (unpaired) electrons. The first-order valence-corrected chi connectivity index (χ1v) is 7.45. The van der Waals surface area contributed by atoms with Crippen LogP contribution in [0.3, 0.4) is 0 Å². The van der Waals surface area contributed by atoms with Crippen LogP contribution in [0.2, 0.25) is 0 Å². The van der Waals surface area contributed by atoms with Gasteiger partial charge in [0.15, 0.2) is 6.17 Å². The van der Waals surface area contributed by atoms with Crippen LogP contribution in [0.15, 0.2) is 89.9 Å². The second kappa shape index (κ2) is 5.49. The molecule has 1 heterocycles. The molecule has 3 aromatic rings. The van der Waals surface area contributed by atoms with Gasteiger partial charge >= 0.3 is 0 Å². The van der Waals surface area contributed by atoms with E-state index in [9.17, 15) is 0 Å². The van der Waals surface area contributed by atoms with Gasteiger partial charge in [0.2, 0.25) is 0 Å². The minimum Gasteiger partial charge on any atom is -0.321 e. The van der Waals surface area contributed by atoms with Gasteiger partial charge in [-0.25, -0.2) is 0 Å². The Kier molecular flexibility index (Phi) is 3.20. The van der Waals surface area contributed by atoms with Crippen LogP contribution in [0.5, 0.6) is 0 Å². The third-order valence-electron chi connectivity index (χ3n) is 3.89. The average Bonchev–Trinajstić information content (AvgIpc) is 2.62. The second-order valence-electron chi connectivity index (χ2n) is 5.34. The fraction of sp³-hybridized carbons (Fsp3) is 0.0500. The predicted octanol–water partition coefficient (Wildman–Crippen LogP) is 3.26. The molecule has 3 aromatic carbocycles. The van der Waals surface area contributed by atoms with E-state index < -0.39 is 0 Å². The van der Waals surface area contributed by atoms with E-state index in [0.717, 1.165) is 16.3 Å². The lowest BCUT2D eigenvalue weighted by Crippen LogP contribution is -2.37. The maximum Gasteiger partial charge on any atom is 0.151 e. The van der Waals surface area contributed by atoms with E-state index in [1.807, 2.05) is 18.2 Å². The van der Waals surface area contributed by atoms with E-state index in [2.05, 4.69) is 77.8 Å². The largest absolute Gasteiger partial charge is 0.321 e. The lowest BCUT2D eigenvalue weighted by molar-refractivity contribution is 0.714. The quantitative estimate of drug-likeness (QED) is 0.705. The number of hydrogen-bond acceptors (Lipinski definition) is 2. The molecule has 1 aliphatic rings. The van der Waals surface area contributed by atoms with E-state index in [-0.39, 0.29) is 6.17 Å². The average molecular weight is 284 g/mol. The molecule has 1 aliphatic heterocycles. The SMILES string of the molecule is C1=c2ccccc2=NC(c2ccccc2)N1c1ccccc1. The summed E-state index contributed by atoms with van der Waals surface area (Å²) in [5.74, 6) is 0. The van der Waals surface area contributed by atoms with Crippen LogP contribution < -0.4 is 15.5 Å². The predicted molar refractivity (Wildman–Crippen MR) is 89.8 cm³/mol. The maximum absolute atomic E-state index is 4.97. The Morgan fingerprint density at radius 1 is 0.682 bits per heavy atom. The molecule has 4 rings (SSSR count). The van der Waals surface area contributed by atoms with Gasteiger partial charge in [-0.2, -0.15) is 0 Å². The third-order valence-corrected chi connectivity index (χ3v) is 3.89. The first-order chi connectivity index (χ1) is 10.9. The molecule has 0 bridgehead atoms. The minimum absolute atomic E-state index is 0.0292. The first kappa shape index (κ1) is 12.8. The van der Waals surface area contributed by atoms with Crippen LogP contribution in [0.4, 0.5) is 5.69 Å². The van der Waals surface area contributed by atoms with Crippen LogP contribution in [0.1, 0.15) is 11.7 Å². The summed E-state index contributed by atoms with van der Waals surface area (Å²) in [5, 5.41) is 2.20. The fourth-order valence-electron chi connectivity index (χ4n) is 2.80. The number of anilines is 1. The highest BCUT2D eigenvalue weighted by Gasteiger charge is 2.20. The molecule has 0 spiro atoms. The summed E-state index contributed by atoms with van der Waals surface area (Å²) in [4.78, 5) is 7.20. The molecule has 2 heteroatoms. The molecule has 22 heavy (non-hydrogen) atoms. The van der Waals surface area contributed by atoms with Crippen LogP contribution >= 0.6 is 0 Å². The normalized spacial score (nSPS) is 16.4. The fourth-order valence-corrected chi connectivity index (χ4v) is 2.80. The number of fused-ring (bicyclic) bond motifs is 1. The lowest BCUT2D eigenvalue weighted by Gasteiger charge is -2.30. The van der Waals surface area contributed by atoms with E-state index >= 15 is 0 Å². The summed E-state index contributed by atoms with van der Waals surface area (Å²) >= 11 is 0. The zero-order valence-corrected chi connectivity index (χ0v) is 12.1. The van der Waals surface area contributed by atoms with Crippen molar-refractivity contribution in [2.45, 2.75) is 6.17 Å². The van der Waals surface area contributed by atoms with Gasteiger partial charge in [-0.1, -0.05) is 66.7 Å². The Hall–Kier alpha value is -2.87. The van der Waals surface area contributed by atoms with Crippen LogP contribution in [-0.4, -0.2) is 0 Å². The Morgan fingerprint density at radius 2 is 1.32 bits per heavy atom. The van der Waals surface area contributed by atoms with Crippen LogP contribution in [0.25, 0.3) is 6.20 Å². The number of rotatable bonds is 2. The molecule has 0 fully saturated rings. The van der Waals surface area contributed by atoms with Gasteiger partial charge in [0.05, 0.1) is 5.36 Å². The second-order valence-corrected chi connectivity index (χ2v) is 5.34. The topological polar surface area (TPSA) is 15.6 Å². The molecule has 0 aliphatic carbocycles. The highest BCUT2D eigenvalue weighted by molar-refractivity contribution is 5.61. The molecule has 1 atom stereocenters. The molecule has 0 saturated carbocycles. The van der Waals surface area contributed by atoms with Crippen LogP contribution in [-0.2, 0) is 0 Å². The molecular weight excluding hydrogens is 268 g/mol. The van der Waals surface area contributed by atoms with Crippen molar-refractivity contribution >= 4 is 11.9 Å². The molecule has 0 amide bonds. The minimum atomic E-state index is -0.0292. The summed E-state index contributed by atoms with van der Waals surface area (Å²) in [6.07, 6.45) is 2.16. The zero-order chi connectivity index (χ0) is 14.8. The molecule has 0 N–H and O–H groups in total. The summed E-state index contributed by atoms with van der Waals surface area (Å²) in [5.41, 5.74) is 2.34. The van der Waals surface area contributed by atoms with Crippen LogP contribution in [0, 0.1) is 0 Å². The van der Waals surface area contributed by atoms with Crippen molar-refractivity contribution in [3.8, 4) is 0 Å². The lowest BCUT2D eigenvalue weighted by atomic mass is 10.1. The van der Waals surface area contributed by atoms with Crippen molar-refractivity contribution in [3.05, 3.63) is 101 Å². The monoisotopic (exact) mass is 284 g/mol. The Bertz CT molecular complexity index is 809. The third kappa shape index (κ3) is 2.29. The first-order valence-electron chi connectivity index (χ1n) is 7.45. The van der Waals surface area contributed by atoms with Crippen molar-refractivity contribution < 1.29 is 0 Å². The molecule has 106 valence electrons. The van der Waals surface area contributed by atoms with Crippen molar-refractivity contribution in [2.24, 2.45) is 4.99 Å². The standard InChI is InChI=1S/C20H16N2/c1-3-9-16(10-4-1)20-21-19-14-8-7-11-17(19)15-22(20)18-12-5-2-6-13-18/h1-15,20H.